The van der Waals surface area contributed by atoms with Gasteiger partial charge in [0.15, 0.2) is 0 Å². The maximum absolute atomic E-state index is 13.4. The number of ether oxygens (including phenoxy) is 1. The van der Waals surface area contributed by atoms with E-state index >= 15 is 0 Å². The Hall–Kier alpha value is -2.49. The van der Waals surface area contributed by atoms with Gasteiger partial charge in [-0.3, -0.25) is 14.3 Å². The normalized spacial score (nSPS) is 19.3. The quantitative estimate of drug-likeness (QED) is 0.666. The zero-order valence-electron chi connectivity index (χ0n) is 15.2. The number of methoxy groups -OCH3 is 1. The first-order chi connectivity index (χ1) is 13.3. The largest absolute Gasteiger partial charge is 0.383 e. The molecule has 1 fully saturated rings. The molecule has 3 rings (SSSR count). The van der Waals surface area contributed by atoms with Crippen LogP contribution >= 0.6 is 11.6 Å². The van der Waals surface area contributed by atoms with E-state index in [1.807, 2.05) is 0 Å². The average Bonchev–Trinajstić information content (AvgIpc) is 3.23. The van der Waals surface area contributed by atoms with Gasteiger partial charge in [-0.25, -0.2) is 4.39 Å². The molecule has 1 aliphatic heterocycles. The molecular weight excluding hydrogens is 391 g/mol. The minimum atomic E-state index is -2.19. The van der Waals surface area contributed by atoms with Gasteiger partial charge in [0, 0.05) is 37.8 Å². The fraction of sp³-hybridized carbons (Fsp3) is 0.389. The molecule has 8 nitrogen and oxygen atoms in total. The maximum atomic E-state index is 13.4. The van der Waals surface area contributed by atoms with Crippen LogP contribution in [0.15, 0.2) is 30.6 Å². The van der Waals surface area contributed by atoms with Crippen LogP contribution in [0.2, 0.25) is 5.02 Å². The Morgan fingerprint density at radius 1 is 1.46 bits per heavy atom. The van der Waals surface area contributed by atoms with E-state index in [9.17, 15) is 19.1 Å². The lowest BCUT2D eigenvalue weighted by atomic mass is 10.0. The van der Waals surface area contributed by atoms with Crippen LogP contribution in [0.1, 0.15) is 12.0 Å². The van der Waals surface area contributed by atoms with E-state index in [1.54, 1.807) is 18.0 Å². The third-order valence-electron chi connectivity index (χ3n) is 4.50. The topological polar surface area (TPSA) is 96.7 Å². The molecule has 2 amide bonds. The van der Waals surface area contributed by atoms with Crippen LogP contribution in [0.5, 0.6) is 0 Å². The van der Waals surface area contributed by atoms with Crippen LogP contribution in [-0.2, 0) is 27.4 Å². The van der Waals surface area contributed by atoms with E-state index in [0.717, 1.165) is 6.07 Å². The van der Waals surface area contributed by atoms with E-state index in [-0.39, 0.29) is 24.5 Å². The van der Waals surface area contributed by atoms with Crippen LogP contribution in [-0.4, -0.2) is 52.6 Å². The Labute approximate surface area is 165 Å². The zero-order chi connectivity index (χ0) is 20.3. The van der Waals surface area contributed by atoms with Gasteiger partial charge < -0.3 is 20.1 Å². The van der Waals surface area contributed by atoms with Gasteiger partial charge in [-0.15, -0.1) is 0 Å². The summed E-state index contributed by atoms with van der Waals surface area (Å²) in [5.74, 6) is -2.11. The van der Waals surface area contributed by atoms with Gasteiger partial charge in [0.2, 0.25) is 5.60 Å². The molecule has 1 aromatic heterocycles. The average molecular weight is 411 g/mol. The molecule has 0 spiro atoms. The standard InChI is InChI=1S/C18H20ClFN4O4/c1-28-5-4-23-11-15(10-22-23)24-3-2-18(27,17(24)26)16(25)21-9-12-6-13(19)8-14(20)7-12/h6-8,10-11,27H,2-5,9H2,1H3,(H,21,25). The second-order valence-electron chi connectivity index (χ2n) is 6.48. The third-order valence-corrected chi connectivity index (χ3v) is 4.72. The summed E-state index contributed by atoms with van der Waals surface area (Å²) in [7, 11) is 1.57. The number of carbonyl (C=O) groups excluding carboxylic acids is 2. The lowest BCUT2D eigenvalue weighted by Crippen LogP contribution is -2.52. The summed E-state index contributed by atoms with van der Waals surface area (Å²) in [6.45, 7) is 1.08. The van der Waals surface area contributed by atoms with Crippen LogP contribution < -0.4 is 10.2 Å². The lowest BCUT2D eigenvalue weighted by molar-refractivity contribution is -0.149. The number of amides is 2. The molecule has 1 unspecified atom stereocenters. The number of nitrogens with one attached hydrogen (secondary N) is 1. The molecule has 1 saturated heterocycles. The van der Waals surface area contributed by atoms with Gasteiger partial charge >= 0.3 is 0 Å². The predicted molar refractivity (Wildman–Crippen MR) is 99.3 cm³/mol. The number of nitrogens with zero attached hydrogens (tertiary/aromatic N) is 3. The van der Waals surface area contributed by atoms with Gasteiger partial charge in [0.05, 0.1) is 25.0 Å². The van der Waals surface area contributed by atoms with E-state index in [0.29, 0.717) is 24.4 Å². The summed E-state index contributed by atoms with van der Waals surface area (Å²) < 4.78 is 20.0. The highest BCUT2D eigenvalue weighted by Crippen LogP contribution is 2.28. The molecule has 2 aromatic rings. The van der Waals surface area contributed by atoms with Gasteiger partial charge in [-0.05, 0) is 23.8 Å². The smallest absolute Gasteiger partial charge is 0.268 e. The Morgan fingerprint density at radius 2 is 2.25 bits per heavy atom. The number of hydrogen-bond acceptors (Lipinski definition) is 5. The molecule has 28 heavy (non-hydrogen) atoms. The van der Waals surface area contributed by atoms with Crippen LogP contribution in [0, 0.1) is 5.82 Å². The first-order valence-electron chi connectivity index (χ1n) is 8.62. The van der Waals surface area contributed by atoms with Crippen molar-refractivity contribution < 1.29 is 23.8 Å². The van der Waals surface area contributed by atoms with Crippen molar-refractivity contribution in [2.24, 2.45) is 0 Å². The van der Waals surface area contributed by atoms with Crippen molar-refractivity contribution in [3.63, 3.8) is 0 Å². The number of benzene rings is 1. The number of hydrogen-bond donors (Lipinski definition) is 2. The van der Waals surface area contributed by atoms with Gasteiger partial charge in [-0.2, -0.15) is 5.10 Å². The zero-order valence-corrected chi connectivity index (χ0v) is 15.9. The molecule has 1 atom stereocenters. The van der Waals surface area contributed by atoms with E-state index < -0.39 is 23.2 Å². The monoisotopic (exact) mass is 410 g/mol. The number of anilines is 1. The van der Waals surface area contributed by atoms with Crippen LogP contribution in [0.4, 0.5) is 10.1 Å². The third kappa shape index (κ3) is 4.16. The minimum Gasteiger partial charge on any atom is -0.383 e. The van der Waals surface area contributed by atoms with Gasteiger partial charge in [0.1, 0.15) is 5.82 Å². The van der Waals surface area contributed by atoms with Gasteiger partial charge in [-0.1, -0.05) is 11.6 Å². The fourth-order valence-corrected chi connectivity index (χ4v) is 3.25. The predicted octanol–water partition coefficient (Wildman–Crippen LogP) is 1.11. The molecule has 0 aliphatic carbocycles. The molecule has 0 saturated carbocycles. The van der Waals surface area contributed by atoms with Crippen molar-refractivity contribution in [1.82, 2.24) is 15.1 Å². The Kier molecular flexibility index (Phi) is 5.97. The Morgan fingerprint density at radius 3 is 2.96 bits per heavy atom. The molecule has 1 aromatic carbocycles. The highest BCUT2D eigenvalue weighted by atomic mass is 35.5. The highest BCUT2D eigenvalue weighted by molar-refractivity contribution is 6.30. The molecule has 1 aliphatic rings. The number of aromatic nitrogens is 2. The summed E-state index contributed by atoms with van der Waals surface area (Å²) in [6.07, 6.45) is 3.08. The first-order valence-corrected chi connectivity index (χ1v) is 9.00. The lowest BCUT2D eigenvalue weighted by Gasteiger charge is -2.21. The second-order valence-corrected chi connectivity index (χ2v) is 6.92. The molecule has 150 valence electrons. The minimum absolute atomic E-state index is 0.0647. The van der Waals surface area contributed by atoms with E-state index in [2.05, 4.69) is 10.4 Å². The Bertz CT molecular complexity index is 870. The van der Waals surface area contributed by atoms with E-state index in [1.165, 1.54) is 23.2 Å². The summed E-state index contributed by atoms with van der Waals surface area (Å²) in [4.78, 5) is 26.5. The summed E-state index contributed by atoms with van der Waals surface area (Å²) >= 11 is 5.79. The van der Waals surface area contributed by atoms with Crippen molar-refractivity contribution in [1.29, 1.82) is 0 Å². The number of carbonyl (C=O) groups is 2. The molecule has 2 N–H and O–H groups in total. The number of aliphatic hydroxyl groups is 1. The molecule has 10 heteroatoms. The first kappa shape index (κ1) is 20.2. The van der Waals surface area contributed by atoms with Gasteiger partial charge in [0.25, 0.3) is 11.8 Å². The molecule has 0 bridgehead atoms. The van der Waals surface area contributed by atoms with Crippen LogP contribution in [0.3, 0.4) is 0 Å². The molecular formula is C18H20ClFN4O4. The van der Waals surface area contributed by atoms with Crippen molar-refractivity contribution in [2.45, 2.75) is 25.1 Å². The SMILES string of the molecule is COCCn1cc(N2CCC(O)(C(=O)NCc3cc(F)cc(Cl)c3)C2=O)cn1. The molecule has 2 heterocycles. The fourth-order valence-electron chi connectivity index (χ4n) is 3.00. The van der Waals surface area contributed by atoms with Crippen molar-refractivity contribution in [3.05, 3.63) is 47.0 Å². The van der Waals surface area contributed by atoms with E-state index in [4.69, 9.17) is 16.3 Å². The second kappa shape index (κ2) is 8.26. The van der Waals surface area contributed by atoms with Crippen molar-refractivity contribution >= 4 is 29.1 Å². The maximum Gasteiger partial charge on any atom is 0.268 e. The van der Waals surface area contributed by atoms with Crippen molar-refractivity contribution in [3.8, 4) is 0 Å². The summed E-state index contributed by atoms with van der Waals surface area (Å²) in [5, 5.41) is 17.4. The summed E-state index contributed by atoms with van der Waals surface area (Å²) in [5.41, 5.74) is -1.28. The van der Waals surface area contributed by atoms with Crippen LogP contribution in [0.25, 0.3) is 0 Å². The Balaban J connectivity index is 1.65. The molecule has 0 radical (unpaired) electrons. The van der Waals surface area contributed by atoms with Crippen molar-refractivity contribution in [2.75, 3.05) is 25.2 Å². The number of rotatable bonds is 7. The highest BCUT2D eigenvalue weighted by Gasteiger charge is 2.51. The number of halogens is 2. The summed E-state index contributed by atoms with van der Waals surface area (Å²) in [6, 6.07) is 3.85.